The van der Waals surface area contributed by atoms with Crippen molar-refractivity contribution in [3.63, 3.8) is 0 Å². The number of hydrogen-bond donors (Lipinski definition) is 1. The van der Waals surface area contributed by atoms with Gasteiger partial charge < -0.3 is 14.4 Å². The summed E-state index contributed by atoms with van der Waals surface area (Å²) in [6.45, 7) is 1.10. The number of ether oxygens (including phenoxy) is 2. The molecule has 2 heterocycles. The number of piperidine rings is 1. The molecule has 0 unspecified atom stereocenters. The second kappa shape index (κ2) is 9.05. The molecule has 2 aromatic rings. The second-order valence-corrected chi connectivity index (χ2v) is 8.81. The molecule has 0 bridgehead atoms. The Morgan fingerprint density at radius 3 is 2.45 bits per heavy atom. The molecule has 1 saturated heterocycles. The highest BCUT2D eigenvalue weighted by Crippen LogP contribution is 2.40. The molecule has 31 heavy (non-hydrogen) atoms. The zero-order valence-electron chi connectivity index (χ0n) is 17.6. The van der Waals surface area contributed by atoms with E-state index in [1.165, 1.54) is 18.4 Å². The van der Waals surface area contributed by atoms with Crippen LogP contribution in [0.25, 0.3) is 0 Å². The Kier molecular flexibility index (Phi) is 6.22. The van der Waals surface area contributed by atoms with Gasteiger partial charge in [-0.15, -0.1) is 11.3 Å². The van der Waals surface area contributed by atoms with E-state index >= 15 is 0 Å². The first-order valence-corrected chi connectivity index (χ1v) is 11.1. The fourth-order valence-electron chi connectivity index (χ4n) is 4.16. The Morgan fingerprint density at radius 2 is 1.81 bits per heavy atom. The van der Waals surface area contributed by atoms with Crippen LogP contribution in [-0.4, -0.2) is 55.0 Å². The molecule has 1 atom stereocenters. The molecule has 0 saturated carbocycles. The smallest absolute Gasteiger partial charge is 0.308 e. The molecule has 2 aliphatic rings. The predicted octanol–water partition coefficient (Wildman–Crippen LogP) is 2.85. The normalized spacial score (nSPS) is 18.4. The van der Waals surface area contributed by atoms with Crippen molar-refractivity contribution in [2.75, 3.05) is 32.6 Å². The van der Waals surface area contributed by atoms with Gasteiger partial charge in [-0.3, -0.25) is 19.7 Å². The number of esters is 1. The van der Waals surface area contributed by atoms with Crippen LogP contribution in [0.5, 0.6) is 5.75 Å². The number of carbonyl (C=O) groups is 3. The standard InChI is InChI=1S/C22H25N3O5S/c1-29-15-5-3-13(4-6-15)19(26)24-22-23-18-16(7-8-17(18)31-22)20(27)25-11-9-14(10-12-25)21(28)30-2/h3-6,14,16H,7-12H2,1-2H3,(H,23,24,26)/t16-/m1/s1. The summed E-state index contributed by atoms with van der Waals surface area (Å²) in [4.78, 5) is 44.8. The summed E-state index contributed by atoms with van der Waals surface area (Å²) >= 11 is 1.43. The average Bonchev–Trinajstić information content (AvgIpc) is 3.38. The minimum absolute atomic E-state index is 0.0559. The van der Waals surface area contributed by atoms with Gasteiger partial charge in [-0.1, -0.05) is 0 Å². The Morgan fingerprint density at radius 1 is 1.10 bits per heavy atom. The van der Waals surface area contributed by atoms with Gasteiger partial charge in [-0.05, 0) is 49.9 Å². The minimum Gasteiger partial charge on any atom is -0.497 e. The molecule has 1 aliphatic heterocycles. The Bertz CT molecular complexity index is 980. The lowest BCUT2D eigenvalue weighted by molar-refractivity contribution is -0.149. The molecule has 1 aromatic carbocycles. The number of nitrogens with zero attached hydrogens (tertiary/aromatic N) is 2. The van der Waals surface area contributed by atoms with Crippen LogP contribution in [0.1, 0.15) is 46.1 Å². The van der Waals surface area contributed by atoms with E-state index in [4.69, 9.17) is 9.47 Å². The predicted molar refractivity (Wildman–Crippen MR) is 115 cm³/mol. The van der Waals surface area contributed by atoms with E-state index in [2.05, 4.69) is 10.3 Å². The number of amides is 2. The van der Waals surface area contributed by atoms with Crippen molar-refractivity contribution in [2.45, 2.75) is 31.6 Å². The van der Waals surface area contributed by atoms with Crippen molar-refractivity contribution in [3.05, 3.63) is 40.4 Å². The van der Waals surface area contributed by atoms with Crippen molar-refractivity contribution < 1.29 is 23.9 Å². The molecular formula is C22H25N3O5S. The number of nitrogens with one attached hydrogen (secondary N) is 1. The molecule has 1 aromatic heterocycles. The highest BCUT2D eigenvalue weighted by Gasteiger charge is 2.37. The van der Waals surface area contributed by atoms with Gasteiger partial charge in [0.25, 0.3) is 5.91 Å². The van der Waals surface area contributed by atoms with Gasteiger partial charge in [0.1, 0.15) is 5.75 Å². The van der Waals surface area contributed by atoms with Crippen LogP contribution in [0.4, 0.5) is 5.13 Å². The topological polar surface area (TPSA) is 97.8 Å². The van der Waals surface area contributed by atoms with E-state index in [-0.39, 0.29) is 29.6 Å². The van der Waals surface area contributed by atoms with Gasteiger partial charge in [0.05, 0.1) is 31.7 Å². The fourth-order valence-corrected chi connectivity index (χ4v) is 5.19. The van der Waals surface area contributed by atoms with Gasteiger partial charge in [-0.2, -0.15) is 0 Å². The third kappa shape index (κ3) is 4.41. The SMILES string of the molecule is COC(=O)C1CCN(C(=O)[C@@H]2CCc3sc(NC(=O)c4ccc(OC)cc4)nc32)CC1. The fraction of sp³-hybridized carbons (Fsp3) is 0.455. The maximum absolute atomic E-state index is 13.1. The summed E-state index contributed by atoms with van der Waals surface area (Å²) in [7, 11) is 2.97. The molecule has 0 radical (unpaired) electrons. The number of carbonyl (C=O) groups excluding carboxylic acids is 3. The molecular weight excluding hydrogens is 418 g/mol. The zero-order chi connectivity index (χ0) is 22.0. The van der Waals surface area contributed by atoms with Crippen LogP contribution in [0, 0.1) is 5.92 Å². The minimum atomic E-state index is -0.285. The molecule has 4 rings (SSSR count). The molecule has 1 N–H and O–H groups in total. The Balaban J connectivity index is 1.39. The number of aryl methyl sites for hydroxylation is 1. The Labute approximate surface area is 184 Å². The largest absolute Gasteiger partial charge is 0.497 e. The van der Waals surface area contributed by atoms with Crippen LogP contribution >= 0.6 is 11.3 Å². The molecule has 8 nitrogen and oxygen atoms in total. The number of rotatable bonds is 5. The second-order valence-electron chi connectivity index (χ2n) is 7.72. The van der Waals surface area contributed by atoms with Gasteiger partial charge in [0.2, 0.25) is 5.91 Å². The van der Waals surface area contributed by atoms with Crippen molar-refractivity contribution in [1.29, 1.82) is 0 Å². The summed E-state index contributed by atoms with van der Waals surface area (Å²) < 4.78 is 9.93. The number of hydrogen-bond acceptors (Lipinski definition) is 7. The number of anilines is 1. The lowest BCUT2D eigenvalue weighted by atomic mass is 9.95. The van der Waals surface area contributed by atoms with Crippen LogP contribution in [-0.2, 0) is 20.7 Å². The molecule has 0 spiro atoms. The number of likely N-dealkylation sites (tertiary alicyclic amines) is 1. The first-order valence-electron chi connectivity index (χ1n) is 10.3. The molecule has 2 amide bonds. The van der Waals surface area contributed by atoms with E-state index < -0.39 is 0 Å². The van der Waals surface area contributed by atoms with Crippen LogP contribution in [0.15, 0.2) is 24.3 Å². The maximum atomic E-state index is 13.1. The molecule has 1 fully saturated rings. The number of thiazole rings is 1. The van der Waals surface area contributed by atoms with Crippen LogP contribution in [0.3, 0.4) is 0 Å². The van der Waals surface area contributed by atoms with E-state index in [9.17, 15) is 14.4 Å². The van der Waals surface area contributed by atoms with Gasteiger partial charge >= 0.3 is 5.97 Å². The zero-order valence-corrected chi connectivity index (χ0v) is 18.4. The monoisotopic (exact) mass is 443 g/mol. The highest BCUT2D eigenvalue weighted by molar-refractivity contribution is 7.16. The van der Waals surface area contributed by atoms with Crippen LogP contribution in [0.2, 0.25) is 0 Å². The highest BCUT2D eigenvalue weighted by atomic mass is 32.1. The molecule has 9 heteroatoms. The van der Waals surface area contributed by atoms with E-state index in [0.717, 1.165) is 23.4 Å². The summed E-state index contributed by atoms with van der Waals surface area (Å²) in [6, 6.07) is 6.85. The lowest BCUT2D eigenvalue weighted by Crippen LogP contribution is -2.42. The summed E-state index contributed by atoms with van der Waals surface area (Å²) in [5.41, 5.74) is 1.28. The van der Waals surface area contributed by atoms with E-state index in [1.807, 2.05) is 4.90 Å². The summed E-state index contributed by atoms with van der Waals surface area (Å²) in [5.74, 6) is -0.128. The quantitative estimate of drug-likeness (QED) is 0.714. The number of fused-ring (bicyclic) bond motifs is 1. The van der Waals surface area contributed by atoms with E-state index in [1.54, 1.807) is 31.4 Å². The van der Waals surface area contributed by atoms with Gasteiger partial charge in [0.15, 0.2) is 5.13 Å². The first kappa shape index (κ1) is 21.3. The van der Waals surface area contributed by atoms with Crippen LogP contribution < -0.4 is 10.1 Å². The third-order valence-electron chi connectivity index (χ3n) is 5.93. The number of aromatic nitrogens is 1. The van der Waals surface area contributed by atoms with Gasteiger partial charge in [0, 0.05) is 23.5 Å². The van der Waals surface area contributed by atoms with Crippen molar-refractivity contribution >= 4 is 34.3 Å². The molecule has 164 valence electrons. The summed E-state index contributed by atoms with van der Waals surface area (Å²) in [5, 5.41) is 3.35. The van der Waals surface area contributed by atoms with Gasteiger partial charge in [-0.25, -0.2) is 4.98 Å². The average molecular weight is 444 g/mol. The Hall–Kier alpha value is -2.94. The molecule has 1 aliphatic carbocycles. The third-order valence-corrected chi connectivity index (χ3v) is 6.98. The number of benzene rings is 1. The van der Waals surface area contributed by atoms with Crippen molar-refractivity contribution in [3.8, 4) is 5.75 Å². The van der Waals surface area contributed by atoms with E-state index in [0.29, 0.717) is 42.4 Å². The van der Waals surface area contributed by atoms with Crippen molar-refractivity contribution in [1.82, 2.24) is 9.88 Å². The summed E-state index contributed by atoms with van der Waals surface area (Å²) in [6.07, 6.45) is 2.76. The van der Waals surface area contributed by atoms with Crippen molar-refractivity contribution in [2.24, 2.45) is 5.92 Å². The maximum Gasteiger partial charge on any atom is 0.308 e. The lowest BCUT2D eigenvalue weighted by Gasteiger charge is -2.32. The number of methoxy groups -OCH3 is 2. The first-order chi connectivity index (χ1) is 15.0.